The maximum Gasteiger partial charge on any atom is 0.192 e. The third-order valence-corrected chi connectivity index (χ3v) is 15.4. The van der Waals surface area contributed by atoms with Crippen molar-refractivity contribution in [3.05, 3.63) is 0 Å². The van der Waals surface area contributed by atoms with Gasteiger partial charge in [0.2, 0.25) is 0 Å². The SMILES string of the molecule is [B][C@@H]1OC(CO)(CO)[C@@H](O[Si](C)(C)C(C)(C)C)C1O[Si](C)(C)C(C)(C)C. The molecule has 0 aromatic carbocycles. The maximum absolute atomic E-state index is 10.0. The van der Waals surface area contributed by atoms with E-state index in [-0.39, 0.29) is 23.3 Å². The Morgan fingerprint density at radius 1 is 0.885 bits per heavy atom. The largest absolute Gasteiger partial charge is 0.409 e. The molecule has 1 heterocycles. The van der Waals surface area contributed by atoms with Crippen LogP contribution in [0, 0.1) is 0 Å². The molecule has 0 amide bonds. The van der Waals surface area contributed by atoms with E-state index in [1.165, 1.54) is 0 Å². The monoisotopic (exact) mass is 402 g/mol. The predicted molar refractivity (Wildman–Crippen MR) is 112 cm³/mol. The predicted octanol–water partition coefficient (Wildman–Crippen LogP) is 3.02. The van der Waals surface area contributed by atoms with Crippen molar-refractivity contribution in [2.45, 2.75) is 102 Å². The normalized spacial score (nSPS) is 27.8. The van der Waals surface area contributed by atoms with Gasteiger partial charge in [-0.05, 0) is 36.3 Å². The number of hydrogen-bond donors (Lipinski definition) is 2. The molecule has 3 atom stereocenters. The van der Waals surface area contributed by atoms with Gasteiger partial charge in [-0.25, -0.2) is 0 Å². The van der Waals surface area contributed by atoms with Gasteiger partial charge in [-0.2, -0.15) is 0 Å². The molecule has 0 aromatic heterocycles. The lowest BCUT2D eigenvalue weighted by Gasteiger charge is -2.45. The van der Waals surface area contributed by atoms with Gasteiger partial charge >= 0.3 is 0 Å². The third kappa shape index (κ3) is 4.64. The van der Waals surface area contributed by atoms with E-state index < -0.39 is 40.4 Å². The number of rotatable bonds is 6. The summed E-state index contributed by atoms with van der Waals surface area (Å²) in [6.45, 7) is 20.8. The molecule has 0 spiro atoms. The van der Waals surface area contributed by atoms with Crippen LogP contribution in [-0.4, -0.2) is 71.7 Å². The van der Waals surface area contributed by atoms with Gasteiger partial charge in [-0.1, -0.05) is 41.5 Å². The van der Waals surface area contributed by atoms with Gasteiger partial charge in [0.1, 0.15) is 19.6 Å². The van der Waals surface area contributed by atoms with E-state index in [0.717, 1.165) is 0 Å². The summed E-state index contributed by atoms with van der Waals surface area (Å²) < 4.78 is 19.0. The van der Waals surface area contributed by atoms with Gasteiger partial charge < -0.3 is 23.8 Å². The van der Waals surface area contributed by atoms with Crippen molar-refractivity contribution >= 4 is 24.5 Å². The Balaban J connectivity index is 3.30. The van der Waals surface area contributed by atoms with Crippen LogP contribution >= 0.6 is 0 Å². The maximum atomic E-state index is 10.0. The molecule has 152 valence electrons. The van der Waals surface area contributed by atoms with Crippen LogP contribution in [0.5, 0.6) is 0 Å². The van der Waals surface area contributed by atoms with Crippen molar-refractivity contribution in [1.29, 1.82) is 0 Å². The molecule has 0 saturated carbocycles. The highest BCUT2D eigenvalue weighted by atomic mass is 28.4. The van der Waals surface area contributed by atoms with Gasteiger partial charge in [-0.3, -0.25) is 0 Å². The molecule has 0 bridgehead atoms. The minimum atomic E-state index is -2.21. The zero-order chi connectivity index (χ0) is 20.8. The first-order chi connectivity index (χ1) is 11.4. The van der Waals surface area contributed by atoms with E-state index in [2.05, 4.69) is 67.7 Å². The minimum Gasteiger partial charge on any atom is -0.409 e. The molecule has 0 aromatic rings. The highest BCUT2D eigenvalue weighted by Gasteiger charge is 2.58. The number of hydrogen-bond acceptors (Lipinski definition) is 5. The third-order valence-electron chi connectivity index (χ3n) is 6.51. The number of ether oxygens (including phenoxy) is 1. The van der Waals surface area contributed by atoms with Crippen molar-refractivity contribution in [3.63, 3.8) is 0 Å². The second kappa shape index (κ2) is 7.61. The summed E-state index contributed by atoms with van der Waals surface area (Å²) in [6.07, 6.45) is -1.13. The summed E-state index contributed by atoms with van der Waals surface area (Å²) in [4.78, 5) is 0. The summed E-state index contributed by atoms with van der Waals surface area (Å²) in [5, 5.41) is 20.0. The van der Waals surface area contributed by atoms with Crippen molar-refractivity contribution in [2.75, 3.05) is 13.2 Å². The van der Waals surface area contributed by atoms with E-state index in [4.69, 9.17) is 21.4 Å². The summed E-state index contributed by atoms with van der Waals surface area (Å²) in [5.41, 5.74) is -1.25. The topological polar surface area (TPSA) is 68.2 Å². The van der Waals surface area contributed by atoms with Crippen molar-refractivity contribution in [3.8, 4) is 0 Å². The fourth-order valence-corrected chi connectivity index (χ4v) is 5.12. The smallest absolute Gasteiger partial charge is 0.192 e. The average molecular weight is 402 g/mol. The first-order valence-electron chi connectivity index (χ1n) is 9.45. The van der Waals surface area contributed by atoms with Crippen LogP contribution in [0.15, 0.2) is 0 Å². The summed E-state index contributed by atoms with van der Waals surface area (Å²) in [7, 11) is 1.91. The van der Waals surface area contributed by atoms with E-state index in [0.29, 0.717) is 0 Å². The van der Waals surface area contributed by atoms with Crippen LogP contribution in [0.4, 0.5) is 0 Å². The van der Waals surface area contributed by atoms with E-state index in [9.17, 15) is 10.2 Å². The molecule has 1 saturated heterocycles. The molecule has 1 rings (SSSR count). The highest BCUT2D eigenvalue weighted by molar-refractivity contribution is 6.74. The first-order valence-corrected chi connectivity index (χ1v) is 15.3. The molecule has 26 heavy (non-hydrogen) atoms. The Labute approximate surface area is 163 Å². The van der Waals surface area contributed by atoms with Gasteiger partial charge in [0, 0.05) is 6.00 Å². The van der Waals surface area contributed by atoms with Gasteiger partial charge in [-0.15, -0.1) is 0 Å². The lowest BCUT2D eigenvalue weighted by atomic mass is 9.90. The van der Waals surface area contributed by atoms with Crippen LogP contribution in [0.2, 0.25) is 36.3 Å². The Morgan fingerprint density at radius 2 is 1.27 bits per heavy atom. The van der Waals surface area contributed by atoms with E-state index in [1.807, 2.05) is 0 Å². The molecule has 0 aliphatic carbocycles. The van der Waals surface area contributed by atoms with Gasteiger partial charge in [0.15, 0.2) is 16.6 Å². The molecular weight excluding hydrogens is 363 g/mol. The van der Waals surface area contributed by atoms with Gasteiger partial charge in [0.05, 0.1) is 19.3 Å². The molecule has 1 aliphatic heterocycles. The molecule has 1 unspecified atom stereocenters. The molecule has 2 N–H and O–H groups in total. The van der Waals surface area contributed by atoms with E-state index in [1.54, 1.807) is 0 Å². The van der Waals surface area contributed by atoms with E-state index >= 15 is 0 Å². The molecular formula is C18H39BO5Si2. The van der Waals surface area contributed by atoms with Crippen LogP contribution < -0.4 is 0 Å². The quantitative estimate of drug-likeness (QED) is 0.669. The Morgan fingerprint density at radius 3 is 1.62 bits per heavy atom. The standard InChI is InChI=1S/C18H39BO5Si2/c1-16(2,3)25(7,8)23-13-14(24-26(9,10)17(4,5)6)18(11-20,12-21)22-15(13)19/h13-15,20-21H,11-12H2,1-10H3/t13?,14-,15+/m0/s1. The lowest BCUT2D eigenvalue weighted by molar-refractivity contribution is -0.121. The Kier molecular flexibility index (Phi) is 7.12. The van der Waals surface area contributed by atoms with Gasteiger partial charge in [0.25, 0.3) is 0 Å². The molecule has 1 aliphatic rings. The molecule has 2 radical (unpaired) electrons. The van der Waals surface area contributed by atoms with Crippen LogP contribution in [-0.2, 0) is 13.6 Å². The highest BCUT2D eigenvalue weighted by Crippen LogP contribution is 2.45. The molecule has 1 fully saturated rings. The second-order valence-electron chi connectivity index (χ2n) is 10.6. The molecule has 5 nitrogen and oxygen atoms in total. The Hall–Kier alpha value is 0.299. The van der Waals surface area contributed by atoms with Crippen LogP contribution in [0.3, 0.4) is 0 Å². The lowest BCUT2D eigenvalue weighted by Crippen LogP contribution is -2.59. The Bertz CT molecular complexity index is 481. The summed E-state index contributed by atoms with van der Waals surface area (Å²) in [5.74, 6) is 0. The first kappa shape index (κ1) is 24.3. The van der Waals surface area contributed by atoms with Crippen molar-refractivity contribution in [1.82, 2.24) is 0 Å². The van der Waals surface area contributed by atoms with Crippen LogP contribution in [0.1, 0.15) is 41.5 Å². The minimum absolute atomic E-state index is 0.00206. The second-order valence-corrected chi connectivity index (χ2v) is 20.1. The van der Waals surface area contributed by atoms with Crippen LogP contribution in [0.25, 0.3) is 0 Å². The fraction of sp³-hybridized carbons (Fsp3) is 1.00. The average Bonchev–Trinajstić information content (AvgIpc) is 2.69. The fourth-order valence-electron chi connectivity index (χ4n) is 2.50. The zero-order valence-corrected chi connectivity index (χ0v) is 20.3. The zero-order valence-electron chi connectivity index (χ0n) is 18.3. The molecule has 8 heteroatoms. The van der Waals surface area contributed by atoms with Crippen molar-refractivity contribution < 1.29 is 23.8 Å². The number of aliphatic hydroxyl groups is 2. The summed E-state index contributed by atoms with van der Waals surface area (Å²) in [6, 6.07) is -0.752. The van der Waals surface area contributed by atoms with Crippen molar-refractivity contribution in [2.24, 2.45) is 0 Å². The number of aliphatic hydroxyl groups excluding tert-OH is 2. The summed E-state index contributed by atoms with van der Waals surface area (Å²) >= 11 is 0.